The van der Waals surface area contributed by atoms with Gasteiger partial charge in [-0.05, 0) is 61.0 Å². The number of phenols is 1. The molecule has 6 rings (SSSR count). The molecular weight excluding hydrogens is 564 g/mol. The van der Waals surface area contributed by atoms with E-state index >= 15 is 0 Å². The molecule has 8 nitrogen and oxygen atoms in total. The van der Waals surface area contributed by atoms with Crippen molar-refractivity contribution in [3.05, 3.63) is 113 Å². The average Bonchev–Trinajstić information content (AvgIpc) is 3.41. The Balaban J connectivity index is 1.35. The van der Waals surface area contributed by atoms with Crippen molar-refractivity contribution in [2.24, 2.45) is 0 Å². The van der Waals surface area contributed by atoms with Gasteiger partial charge in [-0.1, -0.05) is 53.6 Å². The summed E-state index contributed by atoms with van der Waals surface area (Å²) in [5, 5.41) is 14.1. The first kappa shape index (κ1) is 27.9. The first-order valence-corrected chi connectivity index (χ1v) is 14.0. The maximum absolute atomic E-state index is 13.5. The van der Waals surface area contributed by atoms with Crippen molar-refractivity contribution in [2.75, 3.05) is 7.11 Å². The molecule has 0 aliphatic rings. The monoisotopic (exact) mass is 590 g/mol. The molecule has 0 spiro atoms. The molecule has 0 fully saturated rings. The lowest BCUT2D eigenvalue weighted by atomic mass is 10.0. The van der Waals surface area contributed by atoms with Gasteiger partial charge in [0.1, 0.15) is 11.8 Å². The fourth-order valence-electron chi connectivity index (χ4n) is 5.05. The predicted molar refractivity (Wildman–Crippen MR) is 167 cm³/mol. The lowest BCUT2D eigenvalue weighted by molar-refractivity contribution is -0.142. The summed E-state index contributed by atoms with van der Waals surface area (Å²) in [6, 6.07) is 24.5. The highest BCUT2D eigenvalue weighted by atomic mass is 35.5. The maximum Gasteiger partial charge on any atom is 0.328 e. The number of aromatic nitrogens is 3. The number of phenolic OH excluding ortho intramolecular Hbond substituents is 1. The summed E-state index contributed by atoms with van der Waals surface area (Å²) in [4.78, 5) is 39.2. The Bertz CT molecular complexity index is 1990. The van der Waals surface area contributed by atoms with Gasteiger partial charge < -0.3 is 20.1 Å². The summed E-state index contributed by atoms with van der Waals surface area (Å²) in [6.45, 7) is 2.02. The Morgan fingerprint density at radius 1 is 0.907 bits per heavy atom. The van der Waals surface area contributed by atoms with Crippen LogP contribution in [0.1, 0.15) is 21.5 Å². The van der Waals surface area contributed by atoms with Crippen LogP contribution in [0.15, 0.2) is 91.1 Å². The highest BCUT2D eigenvalue weighted by Gasteiger charge is 2.24. The number of hydrogen-bond acceptors (Lipinski definition) is 6. The minimum Gasteiger partial charge on any atom is -0.508 e. The zero-order valence-electron chi connectivity index (χ0n) is 23.4. The van der Waals surface area contributed by atoms with E-state index in [2.05, 4.69) is 10.3 Å². The number of ether oxygens (including phenoxy) is 1. The largest absolute Gasteiger partial charge is 0.508 e. The lowest BCUT2D eigenvalue weighted by Crippen LogP contribution is -2.43. The predicted octanol–water partition coefficient (Wildman–Crippen LogP) is 6.63. The standard InChI is InChI=1S/C34H27ClN4O4/c1-19-3-5-20(6-4-19)32-31(21-7-10-24(35)11-8-21)37-28-13-9-22(15-29(28)38-32)33(41)39-30(34(42)43-2)16-23-18-36-27-14-12-25(40)17-26(23)27/h3-15,17-18,30,36,40H,16H2,1-2H3,(H,39,41)/t30-/m0/s1. The second-order valence-electron chi connectivity index (χ2n) is 10.3. The third-order valence-corrected chi connectivity index (χ3v) is 7.59. The van der Waals surface area contributed by atoms with Crippen molar-refractivity contribution >= 4 is 45.4 Å². The SMILES string of the molecule is COC(=O)[C@H](Cc1c[nH]c2ccc(O)cc12)NC(=O)c1ccc2nc(-c3ccc(Cl)cc3)c(-c3ccc(C)cc3)nc2c1. The van der Waals surface area contributed by atoms with E-state index in [1.807, 2.05) is 55.5 Å². The lowest BCUT2D eigenvalue weighted by Gasteiger charge is -2.17. The minimum absolute atomic E-state index is 0.105. The molecule has 0 saturated carbocycles. The second-order valence-corrected chi connectivity index (χ2v) is 10.7. The van der Waals surface area contributed by atoms with Gasteiger partial charge in [0.15, 0.2) is 0 Å². The summed E-state index contributed by atoms with van der Waals surface area (Å²) in [5.41, 5.74) is 7.25. The Morgan fingerprint density at radius 3 is 2.28 bits per heavy atom. The van der Waals surface area contributed by atoms with Crippen LogP contribution in [0.25, 0.3) is 44.5 Å². The van der Waals surface area contributed by atoms with Crippen LogP contribution in [-0.2, 0) is 16.0 Å². The van der Waals surface area contributed by atoms with Gasteiger partial charge in [-0.3, -0.25) is 4.79 Å². The second kappa shape index (κ2) is 11.6. The number of carbonyl (C=O) groups is 2. The number of hydrogen-bond donors (Lipinski definition) is 3. The van der Waals surface area contributed by atoms with E-state index in [-0.39, 0.29) is 12.2 Å². The number of aromatic hydroxyl groups is 1. The van der Waals surface area contributed by atoms with Crippen LogP contribution >= 0.6 is 11.6 Å². The number of esters is 1. The van der Waals surface area contributed by atoms with Crippen LogP contribution in [0.5, 0.6) is 5.75 Å². The topological polar surface area (TPSA) is 117 Å². The number of methoxy groups -OCH3 is 1. The molecule has 0 radical (unpaired) electrons. The maximum atomic E-state index is 13.5. The average molecular weight is 591 g/mol. The Morgan fingerprint density at radius 2 is 1.58 bits per heavy atom. The molecule has 6 aromatic rings. The molecule has 2 heterocycles. The van der Waals surface area contributed by atoms with Crippen LogP contribution in [0, 0.1) is 6.92 Å². The molecule has 0 aliphatic heterocycles. The molecule has 214 valence electrons. The molecule has 0 unspecified atom stereocenters. The van der Waals surface area contributed by atoms with Gasteiger partial charge in [-0.2, -0.15) is 0 Å². The van der Waals surface area contributed by atoms with E-state index in [4.69, 9.17) is 26.3 Å². The van der Waals surface area contributed by atoms with Crippen molar-refractivity contribution in [3.8, 4) is 28.3 Å². The molecule has 43 heavy (non-hydrogen) atoms. The zero-order valence-corrected chi connectivity index (χ0v) is 24.1. The van der Waals surface area contributed by atoms with E-state index in [1.54, 1.807) is 42.6 Å². The van der Waals surface area contributed by atoms with Gasteiger partial charge in [0.2, 0.25) is 0 Å². The fourth-order valence-corrected chi connectivity index (χ4v) is 5.18. The molecule has 2 aromatic heterocycles. The molecule has 0 bridgehead atoms. The Kier molecular flexibility index (Phi) is 7.52. The van der Waals surface area contributed by atoms with Crippen LogP contribution in [0.3, 0.4) is 0 Å². The van der Waals surface area contributed by atoms with Gasteiger partial charge in [-0.15, -0.1) is 0 Å². The van der Waals surface area contributed by atoms with Crippen molar-refractivity contribution in [1.29, 1.82) is 0 Å². The van der Waals surface area contributed by atoms with Gasteiger partial charge in [0.05, 0.1) is 29.5 Å². The zero-order chi connectivity index (χ0) is 30.1. The molecule has 1 atom stereocenters. The third kappa shape index (κ3) is 5.78. The number of rotatable bonds is 7. The molecular formula is C34H27ClN4O4. The Labute approximate surface area is 252 Å². The fraction of sp³-hybridized carbons (Fsp3) is 0.118. The van der Waals surface area contributed by atoms with E-state index in [0.29, 0.717) is 33.0 Å². The van der Waals surface area contributed by atoms with Crippen LogP contribution < -0.4 is 5.32 Å². The van der Waals surface area contributed by atoms with Crippen molar-refractivity contribution < 1.29 is 19.4 Å². The summed E-state index contributed by atoms with van der Waals surface area (Å²) in [6.07, 6.45) is 1.92. The number of amides is 1. The summed E-state index contributed by atoms with van der Waals surface area (Å²) in [7, 11) is 1.28. The first-order valence-electron chi connectivity index (χ1n) is 13.6. The quantitative estimate of drug-likeness (QED) is 0.180. The van der Waals surface area contributed by atoms with Crippen molar-refractivity contribution in [2.45, 2.75) is 19.4 Å². The summed E-state index contributed by atoms with van der Waals surface area (Å²) in [5.74, 6) is -0.938. The number of H-pyrrole nitrogens is 1. The highest BCUT2D eigenvalue weighted by molar-refractivity contribution is 6.30. The number of benzene rings is 4. The highest BCUT2D eigenvalue weighted by Crippen LogP contribution is 2.32. The van der Waals surface area contributed by atoms with Gasteiger partial charge in [-0.25, -0.2) is 14.8 Å². The summed E-state index contributed by atoms with van der Waals surface area (Å²) >= 11 is 6.14. The van der Waals surface area contributed by atoms with E-state index in [9.17, 15) is 14.7 Å². The molecule has 4 aromatic carbocycles. The van der Waals surface area contributed by atoms with Gasteiger partial charge in [0.25, 0.3) is 5.91 Å². The number of aromatic amines is 1. The number of halogens is 1. The molecule has 0 aliphatic carbocycles. The molecule has 9 heteroatoms. The number of carbonyl (C=O) groups excluding carboxylic acids is 2. The van der Waals surface area contributed by atoms with E-state index in [1.165, 1.54) is 7.11 Å². The first-order chi connectivity index (χ1) is 20.8. The van der Waals surface area contributed by atoms with Crippen molar-refractivity contribution in [3.63, 3.8) is 0 Å². The van der Waals surface area contributed by atoms with Gasteiger partial charge in [0, 0.05) is 45.2 Å². The summed E-state index contributed by atoms with van der Waals surface area (Å²) < 4.78 is 5.00. The van der Waals surface area contributed by atoms with Gasteiger partial charge >= 0.3 is 5.97 Å². The molecule has 1 amide bonds. The molecule has 3 N–H and O–H groups in total. The normalized spacial score (nSPS) is 11.9. The van der Waals surface area contributed by atoms with Crippen LogP contribution in [0.2, 0.25) is 5.02 Å². The smallest absolute Gasteiger partial charge is 0.328 e. The molecule has 0 saturated heterocycles. The van der Waals surface area contributed by atoms with Crippen LogP contribution in [0.4, 0.5) is 0 Å². The number of aryl methyl sites for hydroxylation is 1. The minimum atomic E-state index is -0.962. The number of nitrogens with one attached hydrogen (secondary N) is 2. The number of nitrogens with zero attached hydrogens (tertiary/aromatic N) is 2. The van der Waals surface area contributed by atoms with Crippen LogP contribution in [-0.4, -0.2) is 45.1 Å². The third-order valence-electron chi connectivity index (χ3n) is 7.34. The van der Waals surface area contributed by atoms with Crippen molar-refractivity contribution in [1.82, 2.24) is 20.3 Å². The van der Waals surface area contributed by atoms with E-state index in [0.717, 1.165) is 33.2 Å². The Hall–Kier alpha value is -5.21. The number of fused-ring (bicyclic) bond motifs is 2. The van der Waals surface area contributed by atoms with E-state index < -0.39 is 17.9 Å².